The van der Waals surface area contributed by atoms with Gasteiger partial charge in [0.1, 0.15) is 6.61 Å². The first kappa shape index (κ1) is 17.2. The largest absolute Gasteiger partial charge is 0.485 e. The van der Waals surface area contributed by atoms with Crippen LogP contribution in [-0.2, 0) is 21.2 Å². The van der Waals surface area contributed by atoms with E-state index in [1.54, 1.807) is 30.3 Å². The number of anilines is 1. The highest BCUT2D eigenvalue weighted by molar-refractivity contribution is 7.89. The number of carbonyl (C=O) groups excluding carboxylic acids is 1. The van der Waals surface area contributed by atoms with Crippen LogP contribution < -0.4 is 19.9 Å². The normalized spacial score (nSPS) is 16.3. The number of sulfonamides is 1. The van der Waals surface area contributed by atoms with E-state index in [4.69, 9.17) is 14.6 Å². The van der Waals surface area contributed by atoms with Gasteiger partial charge in [-0.25, -0.2) is 13.6 Å². The fourth-order valence-corrected chi connectivity index (χ4v) is 3.43. The van der Waals surface area contributed by atoms with Gasteiger partial charge in [0.05, 0.1) is 4.90 Å². The van der Waals surface area contributed by atoms with Crippen molar-refractivity contribution < 1.29 is 22.7 Å². The highest BCUT2D eigenvalue weighted by Gasteiger charge is 2.27. The second-order valence-electron chi connectivity index (χ2n) is 5.57. The van der Waals surface area contributed by atoms with Crippen LogP contribution in [0, 0.1) is 0 Å². The number of hydrogen-bond acceptors (Lipinski definition) is 5. The number of benzene rings is 2. The van der Waals surface area contributed by atoms with Crippen molar-refractivity contribution in [3.63, 3.8) is 0 Å². The Morgan fingerprint density at radius 2 is 1.96 bits per heavy atom. The van der Waals surface area contributed by atoms with Crippen LogP contribution in [0.15, 0.2) is 47.4 Å². The van der Waals surface area contributed by atoms with Crippen molar-refractivity contribution in [1.82, 2.24) is 0 Å². The lowest BCUT2D eigenvalue weighted by atomic mass is 10.1. The zero-order valence-corrected chi connectivity index (χ0v) is 14.4. The Hall–Kier alpha value is -2.58. The number of ether oxygens (including phenoxy) is 2. The Balaban J connectivity index is 1.78. The third-order valence-corrected chi connectivity index (χ3v) is 4.82. The van der Waals surface area contributed by atoms with Crippen molar-refractivity contribution in [2.75, 3.05) is 11.9 Å². The van der Waals surface area contributed by atoms with Crippen molar-refractivity contribution in [3.05, 3.63) is 48.0 Å². The number of primary sulfonamides is 1. The Bertz CT molecular complexity index is 911. The molecule has 0 saturated heterocycles. The van der Waals surface area contributed by atoms with E-state index in [1.807, 2.05) is 13.0 Å². The third-order valence-electron chi connectivity index (χ3n) is 3.82. The highest BCUT2D eigenvalue weighted by atomic mass is 32.2. The molecule has 3 rings (SSSR count). The summed E-state index contributed by atoms with van der Waals surface area (Å²) >= 11 is 0. The summed E-state index contributed by atoms with van der Waals surface area (Å²) in [6, 6.07) is 11.7. The van der Waals surface area contributed by atoms with Crippen molar-refractivity contribution >= 4 is 21.6 Å². The molecule has 2 aromatic carbocycles. The van der Waals surface area contributed by atoms with E-state index in [0.29, 0.717) is 29.2 Å². The first-order chi connectivity index (χ1) is 11.9. The summed E-state index contributed by atoms with van der Waals surface area (Å²) in [5.74, 6) is 0.634. The van der Waals surface area contributed by atoms with Gasteiger partial charge in [-0.1, -0.05) is 25.1 Å². The van der Waals surface area contributed by atoms with Crippen LogP contribution in [0.1, 0.15) is 12.5 Å². The average molecular weight is 362 g/mol. The summed E-state index contributed by atoms with van der Waals surface area (Å²) in [4.78, 5) is 12.4. The molecular weight excluding hydrogens is 344 g/mol. The number of aryl methyl sites for hydroxylation is 1. The molecule has 7 nitrogen and oxygen atoms in total. The van der Waals surface area contributed by atoms with Crippen molar-refractivity contribution in [1.29, 1.82) is 0 Å². The van der Waals surface area contributed by atoms with E-state index >= 15 is 0 Å². The minimum Gasteiger partial charge on any atom is -0.485 e. The van der Waals surface area contributed by atoms with Gasteiger partial charge in [0.25, 0.3) is 5.91 Å². The Morgan fingerprint density at radius 1 is 1.24 bits per heavy atom. The number of fused-ring (bicyclic) bond motifs is 1. The molecule has 0 spiro atoms. The van der Waals surface area contributed by atoms with E-state index in [1.165, 1.54) is 6.07 Å². The van der Waals surface area contributed by atoms with Gasteiger partial charge in [-0.2, -0.15) is 0 Å². The van der Waals surface area contributed by atoms with E-state index in [9.17, 15) is 13.2 Å². The molecule has 1 heterocycles. The zero-order valence-electron chi connectivity index (χ0n) is 13.6. The zero-order chi connectivity index (χ0) is 18.0. The van der Waals surface area contributed by atoms with Crippen LogP contribution in [0.4, 0.5) is 5.69 Å². The third kappa shape index (κ3) is 3.75. The summed E-state index contributed by atoms with van der Waals surface area (Å²) < 4.78 is 34.6. The molecule has 0 bridgehead atoms. The van der Waals surface area contributed by atoms with Crippen LogP contribution >= 0.6 is 0 Å². The lowest BCUT2D eigenvalue weighted by Crippen LogP contribution is -2.40. The fourth-order valence-electron chi connectivity index (χ4n) is 2.56. The Labute approximate surface area is 145 Å². The molecule has 0 saturated carbocycles. The first-order valence-electron chi connectivity index (χ1n) is 7.73. The summed E-state index contributed by atoms with van der Waals surface area (Å²) in [5.41, 5.74) is 0.917. The summed E-state index contributed by atoms with van der Waals surface area (Å²) in [5, 5.41) is 7.89. The summed E-state index contributed by atoms with van der Waals surface area (Å²) in [7, 11) is -3.88. The van der Waals surface area contributed by atoms with Crippen LogP contribution in [0.25, 0.3) is 0 Å². The molecule has 25 heavy (non-hydrogen) atoms. The number of nitrogens with two attached hydrogens (primary N) is 1. The molecule has 1 atom stereocenters. The predicted octanol–water partition coefficient (Wildman–Crippen LogP) is 1.67. The van der Waals surface area contributed by atoms with Gasteiger partial charge in [0.2, 0.25) is 16.1 Å². The van der Waals surface area contributed by atoms with E-state index in [-0.39, 0.29) is 11.5 Å². The highest BCUT2D eigenvalue weighted by Crippen LogP contribution is 2.31. The monoisotopic (exact) mass is 362 g/mol. The molecule has 0 radical (unpaired) electrons. The number of para-hydroxylation sites is 2. The number of nitrogens with one attached hydrogen (secondary N) is 1. The summed E-state index contributed by atoms with van der Waals surface area (Å²) in [6.07, 6.45) is -0.324. The van der Waals surface area contributed by atoms with Crippen molar-refractivity contribution in [2.24, 2.45) is 5.14 Å². The lowest BCUT2D eigenvalue weighted by molar-refractivity contribution is -0.125. The van der Waals surface area contributed by atoms with Crippen molar-refractivity contribution in [2.45, 2.75) is 24.3 Å². The molecule has 8 heteroatoms. The molecule has 3 N–H and O–H groups in total. The standard InChI is InChI=1S/C17H18N2O5S/c1-2-11-7-8-12(9-16(11)25(18,21)22)19-17(20)15-10-23-13-5-3-4-6-14(13)24-15/h3-9,15H,2,10H2,1H3,(H,19,20)(H2,18,21,22). The minimum atomic E-state index is -3.88. The maximum Gasteiger partial charge on any atom is 0.269 e. The molecule has 132 valence electrons. The molecule has 1 unspecified atom stereocenters. The van der Waals surface area contributed by atoms with Crippen molar-refractivity contribution in [3.8, 4) is 11.5 Å². The predicted molar refractivity (Wildman–Crippen MR) is 92.2 cm³/mol. The lowest BCUT2D eigenvalue weighted by Gasteiger charge is -2.25. The van der Waals surface area contributed by atoms with Gasteiger partial charge in [0, 0.05) is 5.69 Å². The Morgan fingerprint density at radius 3 is 2.64 bits per heavy atom. The maximum absolute atomic E-state index is 12.4. The molecule has 2 aromatic rings. The minimum absolute atomic E-state index is 0.000965. The van der Waals surface area contributed by atoms with Gasteiger partial charge >= 0.3 is 0 Å². The average Bonchev–Trinajstić information content (AvgIpc) is 2.60. The molecule has 0 aromatic heterocycles. The molecule has 1 aliphatic heterocycles. The number of rotatable bonds is 4. The van der Waals surface area contributed by atoms with Gasteiger partial charge < -0.3 is 14.8 Å². The second kappa shape index (κ2) is 6.73. The number of hydrogen-bond donors (Lipinski definition) is 2. The fraction of sp³-hybridized carbons (Fsp3) is 0.235. The number of amides is 1. The molecule has 0 aliphatic carbocycles. The summed E-state index contributed by atoms with van der Waals surface area (Å²) in [6.45, 7) is 1.89. The van der Waals surface area contributed by atoms with Gasteiger partial charge in [0.15, 0.2) is 11.5 Å². The molecule has 0 fully saturated rings. The van der Waals surface area contributed by atoms with Crippen LogP contribution in [0.2, 0.25) is 0 Å². The Kier molecular flexibility index (Phi) is 4.65. The van der Waals surface area contributed by atoms with Gasteiger partial charge in [-0.05, 0) is 36.2 Å². The second-order valence-corrected chi connectivity index (χ2v) is 7.10. The molecule has 1 amide bonds. The SMILES string of the molecule is CCc1ccc(NC(=O)C2COc3ccccc3O2)cc1S(N)(=O)=O. The smallest absolute Gasteiger partial charge is 0.269 e. The first-order valence-corrected chi connectivity index (χ1v) is 9.28. The van der Waals surface area contributed by atoms with Crippen LogP contribution in [0.5, 0.6) is 11.5 Å². The van der Waals surface area contributed by atoms with Crippen LogP contribution in [-0.4, -0.2) is 27.0 Å². The van der Waals surface area contributed by atoms with Gasteiger partial charge in [-0.15, -0.1) is 0 Å². The number of carbonyl (C=O) groups is 1. The molecule has 1 aliphatic rings. The van der Waals surface area contributed by atoms with E-state index < -0.39 is 22.0 Å². The molecular formula is C17H18N2O5S. The quantitative estimate of drug-likeness (QED) is 0.860. The van der Waals surface area contributed by atoms with Crippen LogP contribution in [0.3, 0.4) is 0 Å². The topological polar surface area (TPSA) is 108 Å². The maximum atomic E-state index is 12.4. The van der Waals surface area contributed by atoms with Gasteiger partial charge in [-0.3, -0.25) is 4.79 Å². The van der Waals surface area contributed by atoms with E-state index in [0.717, 1.165) is 0 Å². The van der Waals surface area contributed by atoms with E-state index in [2.05, 4.69) is 5.32 Å².